The summed E-state index contributed by atoms with van der Waals surface area (Å²) < 4.78 is 23.3. The number of aliphatic hydroxyl groups is 1. The molecule has 0 unspecified atom stereocenters. The average Bonchev–Trinajstić information content (AvgIpc) is 2.89. The number of benzene rings is 1. The number of likely N-dealkylation sites (N-methyl/N-ethyl adjacent to an activating group) is 1. The van der Waals surface area contributed by atoms with Crippen molar-refractivity contribution in [3.05, 3.63) is 39.3 Å². The monoisotopic (exact) mass is 520 g/mol. The number of ether oxygens (including phenoxy) is 4. The summed E-state index contributed by atoms with van der Waals surface area (Å²) in [5.74, 6) is -0.709. The van der Waals surface area contributed by atoms with Crippen LogP contribution in [0.15, 0.2) is 16.9 Å². The van der Waals surface area contributed by atoms with Crippen molar-refractivity contribution in [1.82, 2.24) is 19.4 Å². The number of aliphatic hydroxyl groups excluding tert-OH is 1. The third-order valence-corrected chi connectivity index (χ3v) is 7.07. The third-order valence-electron chi connectivity index (χ3n) is 7.07. The molecule has 3 rings (SSSR count). The van der Waals surface area contributed by atoms with Crippen LogP contribution >= 0.6 is 0 Å². The maximum absolute atomic E-state index is 13.8. The van der Waals surface area contributed by atoms with Crippen molar-refractivity contribution >= 4 is 16.9 Å². The lowest BCUT2D eigenvalue weighted by atomic mass is 9.97. The summed E-state index contributed by atoms with van der Waals surface area (Å²) >= 11 is 0. The van der Waals surface area contributed by atoms with Gasteiger partial charge >= 0.3 is 0 Å². The Hall–Kier alpha value is -2.41. The highest BCUT2D eigenvalue weighted by Crippen LogP contribution is 2.22. The zero-order chi connectivity index (χ0) is 27.1. The number of fused-ring (bicyclic) bond motifs is 1. The Kier molecular flexibility index (Phi) is 10.6. The van der Waals surface area contributed by atoms with Gasteiger partial charge in [0.2, 0.25) is 0 Å². The highest BCUT2D eigenvalue weighted by atomic mass is 16.7. The van der Waals surface area contributed by atoms with Crippen molar-refractivity contribution in [2.75, 3.05) is 67.6 Å². The molecule has 1 saturated heterocycles. The molecule has 1 aliphatic heterocycles. The van der Waals surface area contributed by atoms with Gasteiger partial charge in [0, 0.05) is 46.3 Å². The molecule has 1 N–H and O–H groups in total. The number of hydrogen-bond donors (Lipinski definition) is 1. The van der Waals surface area contributed by atoms with E-state index < -0.39 is 17.8 Å². The van der Waals surface area contributed by atoms with Gasteiger partial charge in [-0.1, -0.05) is 6.92 Å². The third kappa shape index (κ3) is 6.92. The normalized spacial score (nSPS) is 17.2. The lowest BCUT2D eigenvalue weighted by molar-refractivity contribution is -0.151. The molecule has 2 aromatic rings. The van der Waals surface area contributed by atoms with Crippen LogP contribution in [0.4, 0.5) is 0 Å². The Morgan fingerprint density at radius 2 is 1.62 bits per heavy atom. The highest BCUT2D eigenvalue weighted by molar-refractivity contribution is 5.94. The number of carbonyl (C=O) groups is 1. The van der Waals surface area contributed by atoms with Crippen LogP contribution in [0.25, 0.3) is 11.0 Å². The minimum atomic E-state index is -0.596. The summed E-state index contributed by atoms with van der Waals surface area (Å²) in [5, 5.41) is 9.94. The zero-order valence-corrected chi connectivity index (χ0v) is 22.7. The number of piperazine rings is 1. The van der Waals surface area contributed by atoms with Gasteiger partial charge in [-0.05, 0) is 44.2 Å². The maximum atomic E-state index is 13.8. The summed E-state index contributed by atoms with van der Waals surface area (Å²) in [6, 6.07) is 3.81. The van der Waals surface area contributed by atoms with Gasteiger partial charge < -0.3 is 38.4 Å². The number of rotatable bonds is 12. The summed E-state index contributed by atoms with van der Waals surface area (Å²) in [5.41, 5.74) is 2.60. The highest BCUT2D eigenvalue weighted by Gasteiger charge is 2.31. The molecule has 0 aliphatic carbocycles. The topological polar surface area (TPSA) is 116 Å². The minimum Gasteiger partial charge on any atom is -0.394 e. The van der Waals surface area contributed by atoms with Crippen LogP contribution in [0.1, 0.15) is 28.5 Å². The quantitative estimate of drug-likeness (QED) is 0.409. The van der Waals surface area contributed by atoms with Crippen LogP contribution in [0.2, 0.25) is 0 Å². The van der Waals surface area contributed by atoms with Crippen LogP contribution in [0.5, 0.6) is 0 Å². The number of aryl methyl sites for hydroxylation is 2. The Bertz CT molecular complexity index is 1110. The molecule has 2 heterocycles. The van der Waals surface area contributed by atoms with Crippen molar-refractivity contribution in [2.45, 2.75) is 39.5 Å². The van der Waals surface area contributed by atoms with Gasteiger partial charge in [-0.15, -0.1) is 0 Å². The van der Waals surface area contributed by atoms with Crippen LogP contribution in [-0.4, -0.2) is 110 Å². The molecule has 1 aliphatic rings. The molecule has 0 spiro atoms. The van der Waals surface area contributed by atoms with Crippen molar-refractivity contribution in [1.29, 1.82) is 0 Å². The van der Waals surface area contributed by atoms with E-state index in [1.807, 2.05) is 40.0 Å². The van der Waals surface area contributed by atoms with E-state index in [9.17, 15) is 14.7 Å². The van der Waals surface area contributed by atoms with Gasteiger partial charge in [0.15, 0.2) is 5.69 Å². The minimum absolute atomic E-state index is 0.00679. The Labute approximate surface area is 217 Å². The Balaban J connectivity index is 2.07. The van der Waals surface area contributed by atoms with Gasteiger partial charge in [0.25, 0.3) is 11.5 Å². The molecular formula is C26H40N4O7. The van der Waals surface area contributed by atoms with E-state index in [1.54, 1.807) is 9.47 Å². The summed E-state index contributed by atoms with van der Waals surface area (Å²) in [6.45, 7) is 8.20. The number of hydrogen-bond acceptors (Lipinski definition) is 9. The smallest absolute Gasteiger partial charge is 0.282 e. The molecule has 0 radical (unpaired) electrons. The van der Waals surface area contributed by atoms with Gasteiger partial charge in [0.1, 0.15) is 13.6 Å². The maximum Gasteiger partial charge on any atom is 0.282 e. The van der Waals surface area contributed by atoms with Crippen molar-refractivity contribution in [3.63, 3.8) is 0 Å². The van der Waals surface area contributed by atoms with Crippen LogP contribution < -0.4 is 5.56 Å². The molecule has 11 heteroatoms. The van der Waals surface area contributed by atoms with E-state index in [0.29, 0.717) is 24.1 Å². The van der Waals surface area contributed by atoms with Gasteiger partial charge in [0.05, 0.1) is 36.4 Å². The van der Waals surface area contributed by atoms with Crippen LogP contribution in [0.3, 0.4) is 0 Å². The SMILES string of the molecule is COCO[C@@H](Cn1c(=O)c(C(=O)N2CCN(C)CC2)nc2cc(C)c(C)cc21)[C@H](C)[C@@H](CO)OCOC. The van der Waals surface area contributed by atoms with Crippen LogP contribution in [-0.2, 0) is 25.5 Å². The number of nitrogens with zero attached hydrogens (tertiary/aromatic N) is 4. The number of carbonyl (C=O) groups excluding carboxylic acids is 1. The first-order valence-corrected chi connectivity index (χ1v) is 12.5. The fourth-order valence-corrected chi connectivity index (χ4v) is 4.45. The molecule has 0 saturated carbocycles. The van der Waals surface area contributed by atoms with E-state index in [-0.39, 0.29) is 44.3 Å². The first-order chi connectivity index (χ1) is 17.7. The standard InChI is InChI=1S/C26H40N4O7/c1-17-11-20-21(12-18(17)2)30(13-22(36-15-34-5)19(3)23(14-31)37-16-35-6)26(33)24(27-20)25(32)29-9-7-28(4)8-10-29/h11-12,19,22-23,31H,7-10,13-16H2,1-6H3/t19-,22-,23+/m0/s1. The predicted octanol–water partition coefficient (Wildman–Crippen LogP) is 1.01. The lowest BCUT2D eigenvalue weighted by Gasteiger charge is -2.32. The van der Waals surface area contributed by atoms with E-state index in [0.717, 1.165) is 24.2 Å². The largest absolute Gasteiger partial charge is 0.394 e. The summed E-state index contributed by atoms with van der Waals surface area (Å²) in [6.07, 6.45) is -1.17. The number of aromatic nitrogens is 2. The second kappa shape index (κ2) is 13.4. The molecule has 0 bridgehead atoms. The van der Waals surface area contributed by atoms with E-state index in [4.69, 9.17) is 18.9 Å². The van der Waals surface area contributed by atoms with Crippen molar-refractivity contribution < 1.29 is 28.8 Å². The molecular weight excluding hydrogens is 480 g/mol. The summed E-state index contributed by atoms with van der Waals surface area (Å²) in [4.78, 5) is 35.7. The second-order valence-electron chi connectivity index (χ2n) is 9.66. The molecule has 1 amide bonds. The molecule has 37 heavy (non-hydrogen) atoms. The molecule has 1 fully saturated rings. The molecule has 3 atom stereocenters. The number of methoxy groups -OCH3 is 2. The lowest BCUT2D eigenvalue weighted by Crippen LogP contribution is -2.49. The van der Waals surface area contributed by atoms with Crippen LogP contribution in [0, 0.1) is 19.8 Å². The van der Waals surface area contributed by atoms with Gasteiger partial charge in [-0.3, -0.25) is 9.59 Å². The average molecular weight is 521 g/mol. The van der Waals surface area contributed by atoms with Crippen molar-refractivity contribution in [3.8, 4) is 0 Å². The molecule has 1 aromatic carbocycles. The van der Waals surface area contributed by atoms with E-state index >= 15 is 0 Å². The van der Waals surface area contributed by atoms with E-state index in [1.165, 1.54) is 14.2 Å². The van der Waals surface area contributed by atoms with Crippen molar-refractivity contribution in [2.24, 2.45) is 5.92 Å². The Morgan fingerprint density at radius 3 is 2.22 bits per heavy atom. The molecule has 206 valence electrons. The van der Waals surface area contributed by atoms with E-state index in [2.05, 4.69) is 9.88 Å². The fourth-order valence-electron chi connectivity index (χ4n) is 4.45. The van der Waals surface area contributed by atoms with Gasteiger partial charge in [-0.2, -0.15) is 0 Å². The molecule has 11 nitrogen and oxygen atoms in total. The molecule has 1 aromatic heterocycles. The van der Waals surface area contributed by atoms with Gasteiger partial charge in [-0.25, -0.2) is 4.98 Å². The first kappa shape index (κ1) is 29.2. The fraction of sp³-hybridized carbons (Fsp3) is 0.654. The first-order valence-electron chi connectivity index (χ1n) is 12.5. The number of amides is 1. The second-order valence-corrected chi connectivity index (χ2v) is 9.66. The summed E-state index contributed by atoms with van der Waals surface area (Å²) in [7, 11) is 5.02. The predicted molar refractivity (Wildman–Crippen MR) is 139 cm³/mol. The Morgan fingerprint density at radius 1 is 1.03 bits per heavy atom. The zero-order valence-electron chi connectivity index (χ0n) is 22.7.